The van der Waals surface area contributed by atoms with Crippen molar-refractivity contribution in [1.29, 1.82) is 0 Å². The van der Waals surface area contributed by atoms with Crippen LogP contribution in [0.5, 0.6) is 5.75 Å². The Morgan fingerprint density at radius 3 is 3.05 bits per heavy atom. The second-order valence-electron chi connectivity index (χ2n) is 4.01. The Bertz CT molecular complexity index is 831. The van der Waals surface area contributed by atoms with Crippen molar-refractivity contribution in [3.05, 3.63) is 62.7 Å². The monoisotopic (exact) mass is 310 g/mol. The van der Waals surface area contributed by atoms with Crippen molar-refractivity contribution in [3.8, 4) is 5.75 Å². The van der Waals surface area contributed by atoms with Crippen LogP contribution in [0, 0.1) is 5.82 Å². The molecular formula is C13H8ClFN2O2S. The largest absolute Gasteiger partial charge is 0.487 e. The van der Waals surface area contributed by atoms with E-state index in [4.69, 9.17) is 16.3 Å². The van der Waals surface area contributed by atoms with Gasteiger partial charge >= 0.3 is 0 Å². The molecule has 0 bridgehead atoms. The summed E-state index contributed by atoms with van der Waals surface area (Å²) in [5.74, 6) is -0.0834. The van der Waals surface area contributed by atoms with Gasteiger partial charge < -0.3 is 4.74 Å². The lowest BCUT2D eigenvalue weighted by Crippen LogP contribution is -2.14. The van der Waals surface area contributed by atoms with Gasteiger partial charge in [0.2, 0.25) is 0 Å². The van der Waals surface area contributed by atoms with Crippen LogP contribution in [0.1, 0.15) is 5.69 Å². The first-order valence-corrected chi connectivity index (χ1v) is 6.93. The average Bonchev–Trinajstić information content (AvgIpc) is 2.89. The molecule has 20 heavy (non-hydrogen) atoms. The molecule has 0 aliphatic carbocycles. The van der Waals surface area contributed by atoms with Gasteiger partial charge in [0.25, 0.3) is 5.56 Å². The Morgan fingerprint density at radius 2 is 2.25 bits per heavy atom. The lowest BCUT2D eigenvalue weighted by Gasteiger charge is -2.06. The zero-order valence-corrected chi connectivity index (χ0v) is 11.6. The van der Waals surface area contributed by atoms with Gasteiger partial charge in [-0.25, -0.2) is 9.37 Å². The normalized spacial score (nSPS) is 10.9. The van der Waals surface area contributed by atoms with E-state index in [1.54, 1.807) is 11.6 Å². The molecule has 0 saturated heterocycles. The molecule has 0 spiro atoms. The van der Waals surface area contributed by atoms with Gasteiger partial charge in [-0.1, -0.05) is 11.6 Å². The first-order valence-electron chi connectivity index (χ1n) is 5.67. The molecule has 102 valence electrons. The Morgan fingerprint density at radius 1 is 1.40 bits per heavy atom. The van der Waals surface area contributed by atoms with Crippen LogP contribution in [0.2, 0.25) is 5.02 Å². The highest BCUT2D eigenvalue weighted by molar-refractivity contribution is 7.15. The molecule has 0 fully saturated rings. The quantitative estimate of drug-likeness (QED) is 0.746. The lowest BCUT2D eigenvalue weighted by atomic mass is 10.3. The maximum atomic E-state index is 13.0. The fourth-order valence-corrected chi connectivity index (χ4v) is 2.59. The summed E-state index contributed by atoms with van der Waals surface area (Å²) in [6.07, 6.45) is 1.67. The van der Waals surface area contributed by atoms with E-state index < -0.39 is 5.82 Å². The van der Waals surface area contributed by atoms with E-state index >= 15 is 0 Å². The van der Waals surface area contributed by atoms with E-state index in [-0.39, 0.29) is 17.2 Å². The number of hydrogen-bond donors (Lipinski definition) is 0. The van der Waals surface area contributed by atoms with Crippen molar-refractivity contribution in [2.75, 3.05) is 0 Å². The minimum absolute atomic E-state index is 0.00997. The Kier molecular flexibility index (Phi) is 3.42. The average molecular weight is 311 g/mol. The predicted octanol–water partition coefficient (Wildman–Crippen LogP) is 3.13. The highest BCUT2D eigenvalue weighted by Crippen LogP contribution is 2.21. The molecule has 0 saturated carbocycles. The molecule has 0 aliphatic rings. The van der Waals surface area contributed by atoms with E-state index in [1.807, 2.05) is 0 Å². The highest BCUT2D eigenvalue weighted by Gasteiger charge is 2.06. The van der Waals surface area contributed by atoms with Gasteiger partial charge in [0.15, 0.2) is 4.96 Å². The number of nitrogens with zero attached hydrogens (tertiary/aromatic N) is 2. The summed E-state index contributed by atoms with van der Waals surface area (Å²) >= 11 is 7.03. The number of aromatic nitrogens is 2. The maximum absolute atomic E-state index is 13.0. The minimum atomic E-state index is -0.504. The van der Waals surface area contributed by atoms with Crippen LogP contribution in [-0.2, 0) is 6.61 Å². The Balaban J connectivity index is 1.82. The molecule has 3 rings (SSSR count). The number of ether oxygens (including phenoxy) is 1. The van der Waals surface area contributed by atoms with Crippen LogP contribution in [0.4, 0.5) is 4.39 Å². The summed E-state index contributed by atoms with van der Waals surface area (Å²) in [5, 5.41) is 1.78. The third-order valence-corrected chi connectivity index (χ3v) is 3.68. The van der Waals surface area contributed by atoms with Crippen molar-refractivity contribution >= 4 is 27.9 Å². The molecule has 0 N–H and O–H groups in total. The van der Waals surface area contributed by atoms with Gasteiger partial charge in [-0.2, -0.15) is 0 Å². The summed E-state index contributed by atoms with van der Waals surface area (Å²) in [7, 11) is 0. The standard InChI is InChI=1S/C13H8ClFN2O2S/c14-10-6-9(1-2-11(10)15)19-7-8-5-12(18)17-3-4-20-13(17)16-8/h1-6H,7H2. The zero-order valence-electron chi connectivity index (χ0n) is 10.0. The van der Waals surface area contributed by atoms with Crippen LogP contribution in [0.3, 0.4) is 0 Å². The molecule has 1 aromatic carbocycles. The number of hydrogen-bond acceptors (Lipinski definition) is 4. The summed E-state index contributed by atoms with van der Waals surface area (Å²) in [4.78, 5) is 16.7. The third kappa shape index (κ3) is 2.52. The summed E-state index contributed by atoms with van der Waals surface area (Å²) < 4.78 is 19.9. The zero-order chi connectivity index (χ0) is 14.1. The second kappa shape index (κ2) is 5.22. The smallest absolute Gasteiger partial charge is 0.258 e. The molecule has 4 nitrogen and oxygen atoms in total. The van der Waals surface area contributed by atoms with E-state index in [1.165, 1.54) is 40.0 Å². The Hall–Kier alpha value is -1.92. The SMILES string of the molecule is O=c1cc(COc2ccc(F)c(Cl)c2)nc2sccn12. The molecule has 2 aromatic heterocycles. The van der Waals surface area contributed by atoms with Crippen LogP contribution in [0.15, 0.2) is 40.6 Å². The molecule has 0 aliphatic heterocycles. The number of benzene rings is 1. The van der Waals surface area contributed by atoms with Crippen LogP contribution in [-0.4, -0.2) is 9.38 Å². The fourth-order valence-electron chi connectivity index (χ4n) is 1.69. The molecular weight excluding hydrogens is 303 g/mol. The van der Waals surface area contributed by atoms with E-state index in [0.717, 1.165) is 0 Å². The van der Waals surface area contributed by atoms with Crippen molar-refractivity contribution in [2.24, 2.45) is 0 Å². The first-order chi connectivity index (χ1) is 9.63. The van der Waals surface area contributed by atoms with E-state index in [9.17, 15) is 9.18 Å². The summed E-state index contributed by atoms with van der Waals surface area (Å²) in [5.41, 5.74) is 0.352. The second-order valence-corrected chi connectivity index (χ2v) is 5.29. The molecule has 2 heterocycles. The van der Waals surface area contributed by atoms with Crippen LogP contribution in [0.25, 0.3) is 4.96 Å². The van der Waals surface area contributed by atoms with Crippen molar-refractivity contribution in [3.63, 3.8) is 0 Å². The molecule has 3 aromatic rings. The maximum Gasteiger partial charge on any atom is 0.258 e. The lowest BCUT2D eigenvalue weighted by molar-refractivity contribution is 0.301. The van der Waals surface area contributed by atoms with Gasteiger partial charge in [0.1, 0.15) is 18.2 Å². The number of halogens is 2. The van der Waals surface area contributed by atoms with Gasteiger partial charge in [-0.05, 0) is 12.1 Å². The van der Waals surface area contributed by atoms with Gasteiger partial charge in [-0.15, -0.1) is 11.3 Å². The van der Waals surface area contributed by atoms with Crippen molar-refractivity contribution in [2.45, 2.75) is 6.61 Å². The van der Waals surface area contributed by atoms with E-state index in [0.29, 0.717) is 16.4 Å². The predicted molar refractivity (Wildman–Crippen MR) is 75.1 cm³/mol. The first kappa shape index (κ1) is 13.1. The van der Waals surface area contributed by atoms with Crippen LogP contribution >= 0.6 is 22.9 Å². The highest BCUT2D eigenvalue weighted by atomic mass is 35.5. The van der Waals surface area contributed by atoms with Crippen molar-refractivity contribution in [1.82, 2.24) is 9.38 Å². The van der Waals surface area contributed by atoms with Gasteiger partial charge in [0, 0.05) is 23.7 Å². The summed E-state index contributed by atoms with van der Waals surface area (Å²) in [6, 6.07) is 5.48. The molecule has 7 heteroatoms. The topological polar surface area (TPSA) is 43.6 Å². The number of rotatable bonds is 3. The summed E-state index contributed by atoms with van der Waals surface area (Å²) in [6.45, 7) is 0.117. The van der Waals surface area contributed by atoms with Crippen LogP contribution < -0.4 is 10.3 Å². The van der Waals surface area contributed by atoms with Gasteiger partial charge in [0.05, 0.1) is 10.7 Å². The Labute approximate surface area is 122 Å². The fraction of sp³-hybridized carbons (Fsp3) is 0.0769. The molecule has 0 atom stereocenters. The van der Waals surface area contributed by atoms with E-state index in [2.05, 4.69) is 4.98 Å². The molecule has 0 amide bonds. The molecule has 0 unspecified atom stereocenters. The van der Waals surface area contributed by atoms with Crippen molar-refractivity contribution < 1.29 is 9.13 Å². The van der Waals surface area contributed by atoms with Gasteiger partial charge in [-0.3, -0.25) is 9.20 Å². The number of fused-ring (bicyclic) bond motifs is 1. The molecule has 0 radical (unpaired) electrons. The minimum Gasteiger partial charge on any atom is -0.487 e. The number of thiazole rings is 1. The third-order valence-electron chi connectivity index (χ3n) is 2.63.